The van der Waals surface area contributed by atoms with Crippen molar-refractivity contribution >= 4 is 17.9 Å². The van der Waals surface area contributed by atoms with Crippen LogP contribution >= 0.6 is 0 Å². The molecule has 0 aliphatic carbocycles. The van der Waals surface area contributed by atoms with Crippen LogP contribution in [-0.2, 0) is 9.59 Å². The molecule has 2 aromatic rings. The van der Waals surface area contributed by atoms with Crippen LogP contribution in [0.25, 0.3) is 0 Å². The van der Waals surface area contributed by atoms with Crippen LogP contribution in [0.5, 0.6) is 0 Å². The molecule has 2 aromatic carbocycles. The number of amides is 1. The van der Waals surface area contributed by atoms with Gasteiger partial charge in [-0.15, -0.1) is 0 Å². The van der Waals surface area contributed by atoms with Gasteiger partial charge >= 0.3 is 0 Å². The van der Waals surface area contributed by atoms with Gasteiger partial charge in [-0.05, 0) is 92.3 Å². The van der Waals surface area contributed by atoms with Gasteiger partial charge < -0.3 is 9.69 Å². The summed E-state index contributed by atoms with van der Waals surface area (Å²) in [5, 5.41) is 0. The maximum atomic E-state index is 14.4. The highest BCUT2D eigenvalue weighted by Gasteiger charge is 2.45. The van der Waals surface area contributed by atoms with Crippen molar-refractivity contribution in [3.8, 4) is 0 Å². The fourth-order valence-electron chi connectivity index (χ4n) is 6.98. The summed E-state index contributed by atoms with van der Waals surface area (Å²) in [6.07, 6.45) is 7.88. The van der Waals surface area contributed by atoms with Crippen molar-refractivity contribution in [3.63, 3.8) is 0 Å². The molecule has 0 radical (unpaired) electrons. The molecule has 0 N–H and O–H groups in total. The minimum atomic E-state index is -0.258. The molecule has 1 heterocycles. The Labute approximate surface area is 248 Å². The smallest absolute Gasteiger partial charge is 0.241 e. The number of carbonyl (C=O) groups is 2. The zero-order valence-corrected chi connectivity index (χ0v) is 26.8. The van der Waals surface area contributed by atoms with Crippen LogP contribution in [-0.4, -0.2) is 42.3 Å². The number of hydrogen-bond donors (Lipinski definition) is 0. The number of carbonyl (C=O) groups excluding carboxylic acids is 2. The third-order valence-electron chi connectivity index (χ3n) is 9.25. The second-order valence-electron chi connectivity index (χ2n) is 13.2. The highest BCUT2D eigenvalue weighted by Crippen LogP contribution is 2.43. The minimum Gasteiger partial charge on any atom is -0.308 e. The Hall–Kier alpha value is -2.53. The van der Waals surface area contributed by atoms with Gasteiger partial charge in [0.1, 0.15) is 12.1 Å². The van der Waals surface area contributed by atoms with E-state index in [0.29, 0.717) is 12.1 Å². The molecule has 0 spiro atoms. The first-order chi connectivity index (χ1) is 19.5. The Morgan fingerprint density at radius 2 is 1.68 bits per heavy atom. The summed E-state index contributed by atoms with van der Waals surface area (Å²) in [4.78, 5) is 31.4. The van der Waals surface area contributed by atoms with E-state index in [1.54, 1.807) is 13.0 Å². The number of aldehydes is 1. The Balaban J connectivity index is 2.02. The Bertz CT molecular complexity index is 1170. The van der Waals surface area contributed by atoms with Gasteiger partial charge in [-0.3, -0.25) is 9.69 Å². The Morgan fingerprint density at radius 1 is 1.00 bits per heavy atom. The first kappa shape index (κ1) is 33.0. The second kappa shape index (κ2) is 14.6. The van der Waals surface area contributed by atoms with Crippen molar-refractivity contribution in [3.05, 3.63) is 64.5 Å². The number of aryl methyl sites for hydroxylation is 3. The first-order valence-corrected chi connectivity index (χ1v) is 15.8. The van der Waals surface area contributed by atoms with Gasteiger partial charge in [0.05, 0.1) is 6.54 Å². The average Bonchev–Trinajstić information content (AvgIpc) is 3.23. The summed E-state index contributed by atoms with van der Waals surface area (Å²) in [5.41, 5.74) is 5.01. The number of likely N-dealkylation sites (tertiary alicyclic amines) is 1. The summed E-state index contributed by atoms with van der Waals surface area (Å²) in [6, 6.07) is 11.6. The molecule has 3 atom stereocenters. The van der Waals surface area contributed by atoms with Gasteiger partial charge in [-0.1, -0.05) is 72.1 Å². The van der Waals surface area contributed by atoms with E-state index < -0.39 is 0 Å². The molecule has 0 bridgehead atoms. The Kier molecular flexibility index (Phi) is 11.7. The van der Waals surface area contributed by atoms with Gasteiger partial charge in [-0.25, -0.2) is 4.39 Å². The third kappa shape index (κ3) is 8.06. The lowest BCUT2D eigenvalue weighted by molar-refractivity contribution is -0.121. The predicted molar refractivity (Wildman–Crippen MR) is 169 cm³/mol. The van der Waals surface area contributed by atoms with E-state index in [0.717, 1.165) is 56.9 Å². The lowest BCUT2D eigenvalue weighted by Gasteiger charge is -2.37. The molecule has 1 amide bonds. The number of nitrogens with zero attached hydrogens (tertiary/aromatic N) is 2. The van der Waals surface area contributed by atoms with Crippen molar-refractivity contribution in [1.82, 2.24) is 4.90 Å². The minimum absolute atomic E-state index is 0.0165. The number of rotatable bonds is 14. The number of halogens is 1. The summed E-state index contributed by atoms with van der Waals surface area (Å²) in [6.45, 7) is 18.0. The van der Waals surface area contributed by atoms with Crippen LogP contribution < -0.4 is 4.90 Å². The van der Waals surface area contributed by atoms with Crippen LogP contribution in [0.3, 0.4) is 0 Å². The van der Waals surface area contributed by atoms with Gasteiger partial charge in [0.15, 0.2) is 0 Å². The molecule has 1 unspecified atom stereocenters. The van der Waals surface area contributed by atoms with Crippen molar-refractivity contribution in [2.45, 2.75) is 118 Å². The van der Waals surface area contributed by atoms with E-state index in [1.165, 1.54) is 22.8 Å². The van der Waals surface area contributed by atoms with E-state index >= 15 is 0 Å². The topological polar surface area (TPSA) is 40.6 Å². The largest absolute Gasteiger partial charge is 0.308 e. The van der Waals surface area contributed by atoms with E-state index in [2.05, 4.69) is 71.6 Å². The van der Waals surface area contributed by atoms with Crippen LogP contribution in [0.2, 0.25) is 0 Å². The van der Waals surface area contributed by atoms with Crippen molar-refractivity contribution in [2.75, 3.05) is 18.0 Å². The predicted octanol–water partition coefficient (Wildman–Crippen LogP) is 8.55. The second-order valence-corrected chi connectivity index (χ2v) is 13.2. The fourth-order valence-corrected chi connectivity index (χ4v) is 6.98. The molecule has 226 valence electrons. The van der Waals surface area contributed by atoms with E-state index in [4.69, 9.17) is 0 Å². The molecule has 3 rings (SSSR count). The average molecular weight is 565 g/mol. The van der Waals surface area contributed by atoms with Crippen LogP contribution in [0, 0.1) is 37.9 Å². The van der Waals surface area contributed by atoms with Crippen LogP contribution in [0.15, 0.2) is 36.4 Å². The van der Waals surface area contributed by atoms with E-state index in [1.807, 2.05) is 11.0 Å². The fraction of sp³-hybridized carbons (Fsp3) is 0.611. The number of benzene rings is 2. The maximum absolute atomic E-state index is 14.4. The molecular weight excluding hydrogens is 511 g/mol. The van der Waals surface area contributed by atoms with Crippen molar-refractivity contribution in [2.24, 2.45) is 11.3 Å². The van der Waals surface area contributed by atoms with Gasteiger partial charge in [0.25, 0.3) is 0 Å². The lowest BCUT2D eigenvalue weighted by Crippen LogP contribution is -2.48. The van der Waals surface area contributed by atoms with Gasteiger partial charge in [-0.2, -0.15) is 0 Å². The van der Waals surface area contributed by atoms with Gasteiger partial charge in [0, 0.05) is 36.2 Å². The highest BCUT2D eigenvalue weighted by atomic mass is 19.1. The quantitative estimate of drug-likeness (QED) is 0.216. The zero-order chi connectivity index (χ0) is 30.3. The number of anilines is 1. The molecule has 1 fully saturated rings. The summed E-state index contributed by atoms with van der Waals surface area (Å²) >= 11 is 0. The summed E-state index contributed by atoms with van der Waals surface area (Å²) < 4.78 is 14.3. The lowest BCUT2D eigenvalue weighted by atomic mass is 9.76. The summed E-state index contributed by atoms with van der Waals surface area (Å²) in [7, 11) is 0. The van der Waals surface area contributed by atoms with Crippen molar-refractivity contribution in [1.29, 1.82) is 0 Å². The van der Waals surface area contributed by atoms with Crippen molar-refractivity contribution < 1.29 is 14.0 Å². The molecule has 4 nitrogen and oxygen atoms in total. The molecule has 41 heavy (non-hydrogen) atoms. The molecule has 0 aromatic heterocycles. The summed E-state index contributed by atoms with van der Waals surface area (Å²) in [5.74, 6) is -0.353. The normalized spacial score (nSPS) is 19.6. The van der Waals surface area contributed by atoms with E-state index in [9.17, 15) is 14.0 Å². The third-order valence-corrected chi connectivity index (χ3v) is 9.25. The van der Waals surface area contributed by atoms with E-state index in [-0.39, 0.29) is 47.6 Å². The van der Waals surface area contributed by atoms with Crippen LogP contribution in [0.4, 0.5) is 10.1 Å². The molecule has 1 aliphatic rings. The maximum Gasteiger partial charge on any atom is 0.241 e. The highest BCUT2D eigenvalue weighted by molar-refractivity contribution is 5.95. The number of hydrogen-bond acceptors (Lipinski definition) is 3. The molecular formula is C36H53FN2O2. The molecule has 1 aliphatic heterocycles. The van der Waals surface area contributed by atoms with Crippen LogP contribution in [0.1, 0.15) is 108 Å². The molecule has 1 saturated heterocycles. The zero-order valence-electron chi connectivity index (χ0n) is 26.8. The standard InChI is InChI=1S/C36H53FN2O2/c1-9-12-29(13-10-2)39(30-16-17-33(37)27(6)20-30)35(41)23-38-22-31(28-15-14-25(4)26(5)19-28)32(24-40)34(38)21-36(7,8)18-11-3/h14-17,19-20,24,29,31-32,34H,9-13,18,21-23H2,1-8H3/t31-,32?,34+/m1/s1. The SMILES string of the molecule is CCCC(CCC)N(C(=O)CN1C[C@H](c2ccc(C)c(C)c2)C(C=O)[C@@H]1CC(C)(C)CCC)c1ccc(F)c(C)c1. The first-order valence-electron chi connectivity index (χ1n) is 15.8. The monoisotopic (exact) mass is 564 g/mol. The molecule has 5 heteroatoms. The Morgan fingerprint density at radius 3 is 2.24 bits per heavy atom. The molecule has 0 saturated carbocycles. The van der Waals surface area contributed by atoms with Gasteiger partial charge in [0.2, 0.25) is 5.91 Å².